The summed E-state index contributed by atoms with van der Waals surface area (Å²) in [6.45, 7) is 8.29. The lowest BCUT2D eigenvalue weighted by molar-refractivity contribution is 0.217. The SMILES string of the molecule is CCC(C)CN(C)CCOc1ccc(CNC)cc1. The Labute approximate surface area is 118 Å². The van der Waals surface area contributed by atoms with E-state index in [1.807, 2.05) is 19.2 Å². The van der Waals surface area contributed by atoms with Gasteiger partial charge in [0.1, 0.15) is 12.4 Å². The van der Waals surface area contributed by atoms with Gasteiger partial charge < -0.3 is 15.0 Å². The fourth-order valence-corrected chi connectivity index (χ4v) is 1.98. The van der Waals surface area contributed by atoms with Crippen LogP contribution in [0.15, 0.2) is 24.3 Å². The molecule has 1 unspecified atom stereocenters. The monoisotopic (exact) mass is 264 g/mol. The zero-order valence-corrected chi connectivity index (χ0v) is 12.8. The van der Waals surface area contributed by atoms with Gasteiger partial charge in [-0.25, -0.2) is 0 Å². The molecule has 1 rings (SSSR count). The van der Waals surface area contributed by atoms with Crippen LogP contribution in [-0.2, 0) is 6.54 Å². The molecule has 3 heteroatoms. The maximum atomic E-state index is 5.76. The molecule has 1 atom stereocenters. The van der Waals surface area contributed by atoms with Crippen molar-refractivity contribution in [3.63, 3.8) is 0 Å². The molecule has 3 nitrogen and oxygen atoms in total. The predicted molar refractivity (Wildman–Crippen MR) is 81.7 cm³/mol. The van der Waals surface area contributed by atoms with Crippen LogP contribution >= 0.6 is 0 Å². The van der Waals surface area contributed by atoms with Crippen LogP contribution in [0.2, 0.25) is 0 Å². The number of rotatable bonds is 9. The maximum Gasteiger partial charge on any atom is 0.119 e. The number of likely N-dealkylation sites (N-methyl/N-ethyl adjacent to an activating group) is 1. The van der Waals surface area contributed by atoms with E-state index in [2.05, 4.69) is 43.2 Å². The Kier molecular flexibility index (Phi) is 7.53. The van der Waals surface area contributed by atoms with Crippen molar-refractivity contribution in [1.82, 2.24) is 10.2 Å². The molecule has 0 saturated heterocycles. The van der Waals surface area contributed by atoms with Crippen molar-refractivity contribution >= 4 is 0 Å². The van der Waals surface area contributed by atoms with E-state index in [0.717, 1.165) is 37.9 Å². The Morgan fingerprint density at radius 3 is 2.53 bits per heavy atom. The molecule has 0 aliphatic heterocycles. The fourth-order valence-electron chi connectivity index (χ4n) is 1.98. The van der Waals surface area contributed by atoms with Gasteiger partial charge in [0.25, 0.3) is 0 Å². The molecular weight excluding hydrogens is 236 g/mol. The van der Waals surface area contributed by atoms with Crippen LogP contribution in [0.4, 0.5) is 0 Å². The second-order valence-electron chi connectivity index (χ2n) is 5.30. The summed E-state index contributed by atoms with van der Waals surface area (Å²) < 4.78 is 5.76. The smallest absolute Gasteiger partial charge is 0.119 e. The number of nitrogens with one attached hydrogen (secondary N) is 1. The van der Waals surface area contributed by atoms with Crippen molar-refractivity contribution in [2.75, 3.05) is 33.8 Å². The lowest BCUT2D eigenvalue weighted by atomic mass is 10.1. The first kappa shape index (κ1) is 16.0. The maximum absolute atomic E-state index is 5.76. The standard InChI is InChI=1S/C16H28N2O/c1-5-14(2)13-18(4)10-11-19-16-8-6-15(7-9-16)12-17-3/h6-9,14,17H,5,10-13H2,1-4H3. The normalized spacial score (nSPS) is 12.7. The van der Waals surface area contributed by atoms with Gasteiger partial charge in [-0.15, -0.1) is 0 Å². The summed E-state index contributed by atoms with van der Waals surface area (Å²) in [5.74, 6) is 1.71. The average Bonchev–Trinajstić information content (AvgIpc) is 2.41. The topological polar surface area (TPSA) is 24.5 Å². The van der Waals surface area contributed by atoms with Crippen molar-refractivity contribution in [2.24, 2.45) is 5.92 Å². The largest absolute Gasteiger partial charge is 0.492 e. The molecular formula is C16H28N2O. The molecule has 0 spiro atoms. The number of benzene rings is 1. The van der Waals surface area contributed by atoms with Crippen LogP contribution in [0.3, 0.4) is 0 Å². The molecule has 0 bridgehead atoms. The predicted octanol–water partition coefficient (Wildman–Crippen LogP) is 2.76. The third-order valence-electron chi connectivity index (χ3n) is 3.37. The van der Waals surface area contributed by atoms with Crippen LogP contribution in [0.25, 0.3) is 0 Å². The minimum absolute atomic E-state index is 0.748. The first-order valence-electron chi connectivity index (χ1n) is 7.20. The van der Waals surface area contributed by atoms with Crippen molar-refractivity contribution in [3.05, 3.63) is 29.8 Å². The molecule has 0 saturated carbocycles. The summed E-state index contributed by atoms with van der Waals surface area (Å²) in [5.41, 5.74) is 1.28. The number of nitrogens with zero attached hydrogens (tertiary/aromatic N) is 1. The van der Waals surface area contributed by atoms with E-state index in [1.54, 1.807) is 0 Å². The van der Waals surface area contributed by atoms with Crippen LogP contribution in [-0.4, -0.2) is 38.7 Å². The fraction of sp³-hybridized carbons (Fsp3) is 0.625. The molecule has 0 aromatic heterocycles. The van der Waals surface area contributed by atoms with E-state index >= 15 is 0 Å². The van der Waals surface area contributed by atoms with E-state index in [4.69, 9.17) is 4.74 Å². The van der Waals surface area contributed by atoms with Gasteiger partial charge in [0, 0.05) is 19.6 Å². The van der Waals surface area contributed by atoms with Crippen molar-refractivity contribution in [3.8, 4) is 5.75 Å². The minimum atomic E-state index is 0.748. The van der Waals surface area contributed by atoms with E-state index in [0.29, 0.717) is 0 Å². The molecule has 1 aromatic rings. The summed E-state index contributed by atoms with van der Waals surface area (Å²) in [6.07, 6.45) is 1.23. The Bertz CT molecular complexity index is 337. The lowest BCUT2D eigenvalue weighted by Gasteiger charge is -2.20. The van der Waals surface area contributed by atoms with Gasteiger partial charge in [0.15, 0.2) is 0 Å². The molecule has 19 heavy (non-hydrogen) atoms. The summed E-state index contributed by atoms with van der Waals surface area (Å²) >= 11 is 0. The number of ether oxygens (including phenoxy) is 1. The third-order valence-corrected chi connectivity index (χ3v) is 3.37. The van der Waals surface area contributed by atoms with Crippen molar-refractivity contribution < 1.29 is 4.74 Å². The van der Waals surface area contributed by atoms with Gasteiger partial charge in [-0.2, -0.15) is 0 Å². The summed E-state index contributed by atoms with van der Waals surface area (Å²) in [5, 5.41) is 3.14. The van der Waals surface area contributed by atoms with E-state index in [1.165, 1.54) is 12.0 Å². The molecule has 0 fully saturated rings. The van der Waals surface area contributed by atoms with Gasteiger partial charge in [-0.1, -0.05) is 32.4 Å². The van der Waals surface area contributed by atoms with Gasteiger partial charge in [-0.3, -0.25) is 0 Å². The number of hydrogen-bond acceptors (Lipinski definition) is 3. The zero-order valence-electron chi connectivity index (χ0n) is 12.8. The molecule has 0 heterocycles. The summed E-state index contributed by atoms with van der Waals surface area (Å²) in [6, 6.07) is 8.30. The van der Waals surface area contributed by atoms with Crippen LogP contribution in [0, 0.1) is 5.92 Å². The third kappa shape index (κ3) is 6.60. The van der Waals surface area contributed by atoms with E-state index in [9.17, 15) is 0 Å². The highest BCUT2D eigenvalue weighted by molar-refractivity contribution is 5.27. The van der Waals surface area contributed by atoms with Crippen LogP contribution in [0.5, 0.6) is 5.75 Å². The molecule has 0 radical (unpaired) electrons. The van der Waals surface area contributed by atoms with E-state index in [-0.39, 0.29) is 0 Å². The second-order valence-corrected chi connectivity index (χ2v) is 5.30. The van der Waals surface area contributed by atoms with Crippen LogP contribution < -0.4 is 10.1 Å². The summed E-state index contributed by atoms with van der Waals surface area (Å²) in [7, 11) is 4.11. The lowest BCUT2D eigenvalue weighted by Crippen LogP contribution is -2.28. The highest BCUT2D eigenvalue weighted by Gasteiger charge is 2.04. The first-order chi connectivity index (χ1) is 9.15. The van der Waals surface area contributed by atoms with Crippen LogP contribution in [0.1, 0.15) is 25.8 Å². The highest BCUT2D eigenvalue weighted by atomic mass is 16.5. The van der Waals surface area contributed by atoms with Gasteiger partial charge in [0.05, 0.1) is 0 Å². The molecule has 0 aliphatic carbocycles. The second kappa shape index (κ2) is 8.94. The quantitative estimate of drug-likeness (QED) is 0.742. The van der Waals surface area contributed by atoms with Gasteiger partial charge in [-0.05, 0) is 37.7 Å². The first-order valence-corrected chi connectivity index (χ1v) is 7.20. The Morgan fingerprint density at radius 2 is 1.95 bits per heavy atom. The van der Waals surface area contributed by atoms with Gasteiger partial charge in [0.2, 0.25) is 0 Å². The Morgan fingerprint density at radius 1 is 1.26 bits per heavy atom. The molecule has 0 aliphatic rings. The molecule has 1 N–H and O–H groups in total. The Hall–Kier alpha value is -1.06. The Balaban J connectivity index is 2.25. The van der Waals surface area contributed by atoms with Crippen molar-refractivity contribution in [1.29, 1.82) is 0 Å². The molecule has 0 amide bonds. The minimum Gasteiger partial charge on any atom is -0.492 e. The average molecular weight is 264 g/mol. The van der Waals surface area contributed by atoms with E-state index < -0.39 is 0 Å². The molecule has 108 valence electrons. The van der Waals surface area contributed by atoms with Gasteiger partial charge >= 0.3 is 0 Å². The highest BCUT2D eigenvalue weighted by Crippen LogP contribution is 2.12. The summed E-state index contributed by atoms with van der Waals surface area (Å²) in [4.78, 5) is 2.34. The zero-order chi connectivity index (χ0) is 14.1. The number of hydrogen-bond donors (Lipinski definition) is 1. The molecule has 1 aromatic carbocycles. The van der Waals surface area contributed by atoms with Crippen molar-refractivity contribution in [2.45, 2.75) is 26.8 Å².